The van der Waals surface area contributed by atoms with Gasteiger partial charge in [-0.05, 0) is 37.3 Å². The van der Waals surface area contributed by atoms with Gasteiger partial charge in [-0.3, -0.25) is 10.2 Å². The van der Waals surface area contributed by atoms with Crippen molar-refractivity contribution in [2.75, 3.05) is 6.61 Å². The highest BCUT2D eigenvalue weighted by Crippen LogP contribution is 2.20. The summed E-state index contributed by atoms with van der Waals surface area (Å²) < 4.78 is 5.13. The Labute approximate surface area is 159 Å². The van der Waals surface area contributed by atoms with Crippen LogP contribution in [0, 0.1) is 0 Å². The molecule has 0 saturated carbocycles. The first-order valence-corrected chi connectivity index (χ1v) is 9.34. The standard InChI is InChI=1S/C22H24N2O3/c1-2-27-22(26)20(15-16-9-4-3-5-10-16)24-23-19-14-8-12-17-11-6-7-13-18(17)21(19)25/h3-7,9-11,13,19,23H,2,8,12,14-15H2,1H3/b24-20+. The van der Waals surface area contributed by atoms with Gasteiger partial charge in [-0.25, -0.2) is 4.79 Å². The second-order valence-electron chi connectivity index (χ2n) is 6.54. The summed E-state index contributed by atoms with van der Waals surface area (Å²) in [5, 5.41) is 4.30. The van der Waals surface area contributed by atoms with Gasteiger partial charge in [-0.15, -0.1) is 0 Å². The number of benzene rings is 2. The predicted molar refractivity (Wildman–Crippen MR) is 105 cm³/mol. The normalized spacial score (nSPS) is 17.0. The Hall–Kier alpha value is -2.95. The predicted octanol–water partition coefficient (Wildman–Crippen LogP) is 3.33. The third-order valence-electron chi connectivity index (χ3n) is 4.62. The van der Waals surface area contributed by atoms with Crippen LogP contribution < -0.4 is 5.43 Å². The summed E-state index contributed by atoms with van der Waals surface area (Å²) >= 11 is 0. The van der Waals surface area contributed by atoms with Crippen molar-refractivity contribution in [2.24, 2.45) is 5.10 Å². The molecular weight excluding hydrogens is 340 g/mol. The van der Waals surface area contributed by atoms with Gasteiger partial charge in [0.25, 0.3) is 0 Å². The zero-order valence-corrected chi connectivity index (χ0v) is 15.5. The molecule has 2 aromatic rings. The number of hydrogen-bond acceptors (Lipinski definition) is 5. The first kappa shape index (κ1) is 18.8. The third kappa shape index (κ3) is 4.82. The van der Waals surface area contributed by atoms with Crippen LogP contribution in [-0.4, -0.2) is 30.1 Å². The first-order chi connectivity index (χ1) is 13.2. The highest BCUT2D eigenvalue weighted by Gasteiger charge is 2.25. The van der Waals surface area contributed by atoms with E-state index in [2.05, 4.69) is 10.5 Å². The van der Waals surface area contributed by atoms with E-state index in [1.54, 1.807) is 6.92 Å². The van der Waals surface area contributed by atoms with Crippen LogP contribution in [0.3, 0.4) is 0 Å². The molecule has 0 saturated heterocycles. The van der Waals surface area contributed by atoms with Crippen LogP contribution in [0.1, 0.15) is 41.3 Å². The van der Waals surface area contributed by atoms with Gasteiger partial charge in [-0.2, -0.15) is 5.10 Å². The molecule has 27 heavy (non-hydrogen) atoms. The Kier molecular flexibility index (Phi) is 6.36. The zero-order chi connectivity index (χ0) is 19.1. The maximum atomic E-state index is 12.9. The van der Waals surface area contributed by atoms with Crippen molar-refractivity contribution in [1.29, 1.82) is 0 Å². The monoisotopic (exact) mass is 364 g/mol. The van der Waals surface area contributed by atoms with E-state index in [1.807, 2.05) is 54.6 Å². The Bertz CT molecular complexity index is 830. The van der Waals surface area contributed by atoms with E-state index in [0.29, 0.717) is 12.8 Å². The number of hydrazone groups is 1. The van der Waals surface area contributed by atoms with Gasteiger partial charge >= 0.3 is 5.97 Å². The SMILES string of the molecule is CCOC(=O)/C(Cc1ccccc1)=N/NC1CCCc2ccccc2C1=O. The van der Waals surface area contributed by atoms with E-state index in [9.17, 15) is 9.59 Å². The van der Waals surface area contributed by atoms with Crippen molar-refractivity contribution >= 4 is 17.5 Å². The fourth-order valence-electron chi connectivity index (χ4n) is 3.23. The molecule has 1 atom stereocenters. The van der Waals surface area contributed by atoms with Crippen LogP contribution >= 0.6 is 0 Å². The molecule has 0 heterocycles. The summed E-state index contributed by atoms with van der Waals surface area (Å²) in [6, 6.07) is 16.9. The molecule has 0 amide bonds. The number of rotatable bonds is 6. The minimum atomic E-state index is -0.463. The van der Waals surface area contributed by atoms with Crippen molar-refractivity contribution < 1.29 is 14.3 Å². The maximum absolute atomic E-state index is 12.9. The molecule has 5 heteroatoms. The minimum Gasteiger partial charge on any atom is -0.461 e. The van der Waals surface area contributed by atoms with Crippen LogP contribution in [0.2, 0.25) is 0 Å². The Morgan fingerprint density at radius 2 is 1.89 bits per heavy atom. The van der Waals surface area contributed by atoms with Crippen LogP contribution in [0.15, 0.2) is 59.7 Å². The van der Waals surface area contributed by atoms with E-state index < -0.39 is 12.0 Å². The molecule has 0 radical (unpaired) electrons. The van der Waals surface area contributed by atoms with Gasteiger partial charge in [0.1, 0.15) is 11.8 Å². The number of hydrogen-bond donors (Lipinski definition) is 1. The molecule has 1 N–H and O–H groups in total. The fourth-order valence-corrected chi connectivity index (χ4v) is 3.23. The summed E-state index contributed by atoms with van der Waals surface area (Å²) in [5.41, 5.74) is 6.00. The van der Waals surface area contributed by atoms with Crippen molar-refractivity contribution in [2.45, 2.75) is 38.6 Å². The minimum absolute atomic E-state index is 0.0229. The van der Waals surface area contributed by atoms with Gasteiger partial charge in [0.05, 0.1) is 6.61 Å². The molecule has 1 aliphatic rings. The number of nitrogens with one attached hydrogen (secondary N) is 1. The number of ether oxygens (including phenoxy) is 1. The molecule has 0 spiro atoms. The lowest BCUT2D eigenvalue weighted by Crippen LogP contribution is -2.35. The summed E-state index contributed by atoms with van der Waals surface area (Å²) in [7, 11) is 0. The Morgan fingerprint density at radius 3 is 2.67 bits per heavy atom. The average Bonchev–Trinajstić information content (AvgIpc) is 2.85. The summed E-state index contributed by atoms with van der Waals surface area (Å²) in [6.07, 6.45) is 2.80. The lowest BCUT2D eigenvalue weighted by molar-refractivity contribution is -0.135. The van der Waals surface area contributed by atoms with E-state index >= 15 is 0 Å². The number of carbonyl (C=O) groups is 2. The Morgan fingerprint density at radius 1 is 1.15 bits per heavy atom. The number of nitrogens with zero attached hydrogens (tertiary/aromatic N) is 1. The van der Waals surface area contributed by atoms with Gasteiger partial charge in [0, 0.05) is 12.0 Å². The quantitative estimate of drug-likeness (QED) is 0.369. The molecule has 0 fully saturated rings. The van der Waals surface area contributed by atoms with Gasteiger partial charge in [0.2, 0.25) is 0 Å². The third-order valence-corrected chi connectivity index (χ3v) is 4.62. The molecule has 0 aliphatic heterocycles. The van der Waals surface area contributed by atoms with Crippen molar-refractivity contribution in [3.63, 3.8) is 0 Å². The summed E-state index contributed by atoms with van der Waals surface area (Å²) in [4.78, 5) is 25.1. The van der Waals surface area contributed by atoms with Crippen molar-refractivity contribution in [3.05, 3.63) is 71.3 Å². The van der Waals surface area contributed by atoms with E-state index in [1.165, 1.54) is 0 Å². The first-order valence-electron chi connectivity index (χ1n) is 9.34. The molecule has 2 aromatic carbocycles. The van der Waals surface area contributed by atoms with Gasteiger partial charge in [-0.1, -0.05) is 54.6 Å². The van der Waals surface area contributed by atoms with Crippen LogP contribution in [0.4, 0.5) is 0 Å². The molecule has 3 rings (SSSR count). The van der Waals surface area contributed by atoms with E-state index in [0.717, 1.165) is 29.5 Å². The maximum Gasteiger partial charge on any atom is 0.354 e. The van der Waals surface area contributed by atoms with Crippen LogP contribution in [0.25, 0.3) is 0 Å². The zero-order valence-electron chi connectivity index (χ0n) is 15.5. The molecule has 5 nitrogen and oxygen atoms in total. The molecule has 0 aromatic heterocycles. The smallest absolute Gasteiger partial charge is 0.354 e. The average molecular weight is 364 g/mol. The summed E-state index contributed by atoms with van der Waals surface area (Å²) in [6.45, 7) is 2.04. The fraction of sp³-hybridized carbons (Fsp3) is 0.318. The van der Waals surface area contributed by atoms with Gasteiger partial charge in [0.15, 0.2) is 5.78 Å². The highest BCUT2D eigenvalue weighted by atomic mass is 16.5. The molecule has 1 aliphatic carbocycles. The molecule has 140 valence electrons. The Balaban J connectivity index is 1.79. The van der Waals surface area contributed by atoms with E-state index in [4.69, 9.17) is 4.74 Å². The van der Waals surface area contributed by atoms with Crippen LogP contribution in [-0.2, 0) is 22.4 Å². The number of carbonyl (C=O) groups excluding carboxylic acids is 2. The highest BCUT2D eigenvalue weighted by molar-refractivity contribution is 6.36. The lowest BCUT2D eigenvalue weighted by atomic mass is 10.0. The van der Waals surface area contributed by atoms with Crippen LogP contribution in [0.5, 0.6) is 0 Å². The number of fused-ring (bicyclic) bond motifs is 1. The lowest BCUT2D eigenvalue weighted by Gasteiger charge is -2.15. The molecule has 1 unspecified atom stereocenters. The molecule has 0 bridgehead atoms. The van der Waals surface area contributed by atoms with E-state index in [-0.39, 0.29) is 18.1 Å². The second-order valence-corrected chi connectivity index (χ2v) is 6.54. The van der Waals surface area contributed by atoms with Crippen molar-refractivity contribution in [3.8, 4) is 0 Å². The number of ketones is 1. The largest absolute Gasteiger partial charge is 0.461 e. The van der Waals surface area contributed by atoms with Crippen molar-refractivity contribution in [1.82, 2.24) is 5.43 Å². The van der Waals surface area contributed by atoms with Gasteiger partial charge < -0.3 is 4.74 Å². The number of esters is 1. The topological polar surface area (TPSA) is 67.8 Å². The second kappa shape index (κ2) is 9.12. The number of Topliss-reactive ketones (excluding diaryl/α,β-unsaturated/α-hetero) is 1. The number of aryl methyl sites for hydroxylation is 1. The summed E-state index contributed by atoms with van der Waals surface area (Å²) in [5.74, 6) is -0.440. The molecular formula is C22H24N2O3.